The van der Waals surface area contributed by atoms with Crippen molar-refractivity contribution in [2.75, 3.05) is 7.11 Å². The van der Waals surface area contributed by atoms with Gasteiger partial charge in [-0.3, -0.25) is 9.59 Å². The molecule has 0 saturated carbocycles. The SMILES string of the molecule is COc1ccc2cc(CNC(=O)C(NC(=O)c3ccccc3F)C(C)C)ccc2c1. The maximum atomic E-state index is 13.9. The zero-order valence-electron chi connectivity index (χ0n) is 17.2. The second-order valence-corrected chi connectivity index (χ2v) is 7.44. The van der Waals surface area contributed by atoms with Crippen LogP contribution in [0.5, 0.6) is 5.75 Å². The number of hydrogen-bond donors (Lipinski definition) is 2. The molecule has 1 unspecified atom stereocenters. The van der Waals surface area contributed by atoms with E-state index < -0.39 is 17.8 Å². The van der Waals surface area contributed by atoms with Crippen molar-refractivity contribution < 1.29 is 18.7 Å². The molecule has 0 aliphatic heterocycles. The van der Waals surface area contributed by atoms with Gasteiger partial charge in [0.05, 0.1) is 12.7 Å². The molecule has 2 amide bonds. The van der Waals surface area contributed by atoms with Crippen LogP contribution in [0.3, 0.4) is 0 Å². The van der Waals surface area contributed by atoms with Crippen molar-refractivity contribution in [3.8, 4) is 5.75 Å². The van der Waals surface area contributed by atoms with Gasteiger partial charge in [-0.25, -0.2) is 4.39 Å². The average molecular weight is 408 g/mol. The molecule has 156 valence electrons. The zero-order chi connectivity index (χ0) is 21.7. The normalized spacial score (nSPS) is 11.9. The highest BCUT2D eigenvalue weighted by atomic mass is 19.1. The number of carbonyl (C=O) groups is 2. The molecular formula is C24H25FN2O3. The van der Waals surface area contributed by atoms with Crippen LogP contribution >= 0.6 is 0 Å². The standard InChI is InChI=1S/C24H25FN2O3/c1-15(2)22(27-23(28)20-6-4-5-7-21(20)25)24(29)26-14-16-8-9-18-13-19(30-3)11-10-17(18)12-16/h4-13,15,22H,14H2,1-3H3,(H,26,29)(H,27,28). The number of ether oxygens (including phenoxy) is 1. The number of fused-ring (bicyclic) bond motifs is 1. The molecule has 3 aromatic carbocycles. The van der Waals surface area contributed by atoms with Crippen molar-refractivity contribution in [1.29, 1.82) is 0 Å². The fraction of sp³-hybridized carbons (Fsp3) is 0.250. The molecule has 0 bridgehead atoms. The summed E-state index contributed by atoms with van der Waals surface area (Å²) in [4.78, 5) is 25.1. The minimum atomic E-state index is -0.776. The monoisotopic (exact) mass is 408 g/mol. The second kappa shape index (κ2) is 9.39. The number of halogens is 1. The topological polar surface area (TPSA) is 67.4 Å². The van der Waals surface area contributed by atoms with Crippen LogP contribution in [0.25, 0.3) is 10.8 Å². The molecule has 0 aliphatic rings. The number of hydrogen-bond acceptors (Lipinski definition) is 3. The van der Waals surface area contributed by atoms with Gasteiger partial charge in [-0.2, -0.15) is 0 Å². The third kappa shape index (κ3) is 4.95. The van der Waals surface area contributed by atoms with E-state index in [4.69, 9.17) is 4.74 Å². The first-order valence-electron chi connectivity index (χ1n) is 9.79. The highest BCUT2D eigenvalue weighted by molar-refractivity contribution is 5.97. The summed E-state index contributed by atoms with van der Waals surface area (Å²) in [5.74, 6) is -0.921. The molecule has 0 heterocycles. The summed E-state index contributed by atoms with van der Waals surface area (Å²) in [6.45, 7) is 3.98. The minimum absolute atomic E-state index is 0.0825. The first-order chi connectivity index (χ1) is 14.4. The zero-order valence-corrected chi connectivity index (χ0v) is 17.2. The Balaban J connectivity index is 1.67. The van der Waals surface area contributed by atoms with Gasteiger partial charge in [0.25, 0.3) is 5.91 Å². The van der Waals surface area contributed by atoms with Gasteiger partial charge in [-0.1, -0.05) is 44.2 Å². The Morgan fingerprint density at radius 1 is 1.00 bits per heavy atom. The Morgan fingerprint density at radius 2 is 1.70 bits per heavy atom. The van der Waals surface area contributed by atoms with Crippen molar-refractivity contribution in [2.24, 2.45) is 5.92 Å². The van der Waals surface area contributed by atoms with Crippen molar-refractivity contribution in [2.45, 2.75) is 26.4 Å². The van der Waals surface area contributed by atoms with Gasteiger partial charge in [0.1, 0.15) is 17.6 Å². The molecule has 5 nitrogen and oxygen atoms in total. The Hall–Kier alpha value is -3.41. The van der Waals surface area contributed by atoms with E-state index in [1.807, 2.05) is 50.2 Å². The third-order valence-corrected chi connectivity index (χ3v) is 4.93. The average Bonchev–Trinajstić information content (AvgIpc) is 2.75. The van der Waals surface area contributed by atoms with Crippen molar-refractivity contribution in [3.63, 3.8) is 0 Å². The van der Waals surface area contributed by atoms with Crippen LogP contribution < -0.4 is 15.4 Å². The Bertz CT molecular complexity index is 1070. The molecule has 30 heavy (non-hydrogen) atoms. The molecule has 6 heteroatoms. The van der Waals surface area contributed by atoms with E-state index in [0.29, 0.717) is 6.54 Å². The summed E-state index contributed by atoms with van der Waals surface area (Å²) in [6.07, 6.45) is 0. The lowest BCUT2D eigenvalue weighted by molar-refractivity contribution is -0.124. The number of nitrogens with one attached hydrogen (secondary N) is 2. The van der Waals surface area contributed by atoms with E-state index >= 15 is 0 Å². The molecule has 0 saturated heterocycles. The molecule has 2 N–H and O–H groups in total. The van der Waals surface area contributed by atoms with E-state index in [1.165, 1.54) is 18.2 Å². The molecule has 3 aromatic rings. The van der Waals surface area contributed by atoms with E-state index in [1.54, 1.807) is 13.2 Å². The lowest BCUT2D eigenvalue weighted by atomic mass is 10.0. The van der Waals surface area contributed by atoms with Crippen LogP contribution in [0, 0.1) is 11.7 Å². The van der Waals surface area contributed by atoms with E-state index in [2.05, 4.69) is 10.6 Å². The maximum absolute atomic E-state index is 13.9. The minimum Gasteiger partial charge on any atom is -0.497 e. The summed E-state index contributed by atoms with van der Waals surface area (Å²) in [6, 6.07) is 16.6. The van der Waals surface area contributed by atoms with Crippen molar-refractivity contribution >= 4 is 22.6 Å². The molecule has 0 aliphatic carbocycles. The van der Waals surface area contributed by atoms with Gasteiger partial charge in [-0.05, 0) is 52.6 Å². The molecule has 0 spiro atoms. The summed E-state index contributed by atoms with van der Waals surface area (Å²) in [7, 11) is 1.63. The van der Waals surface area contributed by atoms with Gasteiger partial charge >= 0.3 is 0 Å². The fourth-order valence-electron chi connectivity index (χ4n) is 3.21. The van der Waals surface area contributed by atoms with Crippen LogP contribution in [0.2, 0.25) is 0 Å². The van der Waals surface area contributed by atoms with Gasteiger partial charge in [-0.15, -0.1) is 0 Å². The van der Waals surface area contributed by atoms with Crippen LogP contribution in [-0.2, 0) is 11.3 Å². The van der Waals surface area contributed by atoms with Gasteiger partial charge in [0.2, 0.25) is 5.91 Å². The lowest BCUT2D eigenvalue weighted by Gasteiger charge is -2.22. The molecule has 1 atom stereocenters. The number of rotatable bonds is 7. The molecule has 0 fully saturated rings. The van der Waals surface area contributed by atoms with E-state index in [-0.39, 0.29) is 17.4 Å². The predicted molar refractivity (Wildman–Crippen MR) is 115 cm³/mol. The Labute approximate surface area is 175 Å². The Kier molecular flexibility index (Phi) is 6.67. The summed E-state index contributed by atoms with van der Waals surface area (Å²) < 4.78 is 19.1. The molecular weight excluding hydrogens is 383 g/mol. The number of methoxy groups -OCH3 is 1. The number of carbonyl (C=O) groups excluding carboxylic acids is 2. The second-order valence-electron chi connectivity index (χ2n) is 7.44. The van der Waals surface area contributed by atoms with Crippen LogP contribution in [0.15, 0.2) is 60.7 Å². The van der Waals surface area contributed by atoms with E-state index in [9.17, 15) is 14.0 Å². The first kappa shape index (κ1) is 21.3. The van der Waals surface area contributed by atoms with Gasteiger partial charge in [0.15, 0.2) is 0 Å². The van der Waals surface area contributed by atoms with Crippen LogP contribution in [0.1, 0.15) is 29.8 Å². The highest BCUT2D eigenvalue weighted by Crippen LogP contribution is 2.22. The predicted octanol–water partition coefficient (Wildman–Crippen LogP) is 4.06. The molecule has 3 rings (SSSR count). The maximum Gasteiger partial charge on any atom is 0.254 e. The summed E-state index contributed by atoms with van der Waals surface area (Å²) in [5, 5.41) is 7.59. The summed E-state index contributed by atoms with van der Waals surface area (Å²) in [5.41, 5.74) is 0.852. The van der Waals surface area contributed by atoms with E-state index in [0.717, 1.165) is 22.1 Å². The molecule has 0 aromatic heterocycles. The highest BCUT2D eigenvalue weighted by Gasteiger charge is 2.25. The number of amides is 2. The molecule has 0 radical (unpaired) electrons. The van der Waals surface area contributed by atoms with Gasteiger partial charge < -0.3 is 15.4 Å². The quantitative estimate of drug-likeness (QED) is 0.620. The first-order valence-corrected chi connectivity index (χ1v) is 9.79. The Morgan fingerprint density at radius 3 is 2.40 bits per heavy atom. The summed E-state index contributed by atoms with van der Waals surface area (Å²) >= 11 is 0. The van der Waals surface area contributed by atoms with Crippen LogP contribution in [0.4, 0.5) is 4.39 Å². The van der Waals surface area contributed by atoms with Crippen LogP contribution in [-0.4, -0.2) is 25.0 Å². The third-order valence-electron chi connectivity index (χ3n) is 4.93. The lowest BCUT2D eigenvalue weighted by Crippen LogP contribution is -2.49. The van der Waals surface area contributed by atoms with Gasteiger partial charge in [0, 0.05) is 6.54 Å². The van der Waals surface area contributed by atoms with Crippen molar-refractivity contribution in [1.82, 2.24) is 10.6 Å². The fourth-order valence-corrected chi connectivity index (χ4v) is 3.21. The van der Waals surface area contributed by atoms with Crippen molar-refractivity contribution in [3.05, 3.63) is 77.6 Å². The smallest absolute Gasteiger partial charge is 0.254 e. The number of benzene rings is 3. The largest absolute Gasteiger partial charge is 0.497 e.